The molecule has 0 bridgehead atoms. The molecule has 0 N–H and O–H groups in total. The first-order valence-corrected chi connectivity index (χ1v) is 3.74. The minimum Gasteiger partial charge on any atom is -0.490 e. The number of methoxy groups -OCH3 is 1. The molecular formula is C9H8FNO3. The Bertz CT molecular complexity index is 390. The van der Waals surface area contributed by atoms with Gasteiger partial charge in [0.05, 0.1) is 12.0 Å². The lowest BCUT2D eigenvalue weighted by Crippen LogP contribution is -1.96. The zero-order valence-electron chi connectivity index (χ0n) is 7.49. The molecule has 1 rings (SSSR count). The number of ether oxygens (including phenoxy) is 1. The zero-order valence-corrected chi connectivity index (χ0v) is 7.49. The lowest BCUT2D eigenvalue weighted by Gasteiger charge is -2.03. The smallest absolute Gasteiger partial charge is 0.311 e. The van der Waals surface area contributed by atoms with E-state index in [0.29, 0.717) is 0 Å². The predicted octanol–water partition coefficient (Wildman–Crippen LogP) is 2.39. The van der Waals surface area contributed by atoms with Gasteiger partial charge in [-0.2, -0.15) is 0 Å². The van der Waals surface area contributed by atoms with Crippen LogP contribution in [0, 0.1) is 15.9 Å². The number of nitrogens with zero attached hydrogens (tertiary/aromatic N) is 1. The number of hydrogen-bond acceptors (Lipinski definition) is 3. The van der Waals surface area contributed by atoms with Crippen LogP contribution in [0.1, 0.15) is 5.56 Å². The Morgan fingerprint density at radius 3 is 2.71 bits per heavy atom. The largest absolute Gasteiger partial charge is 0.490 e. The first-order chi connectivity index (χ1) is 6.60. The van der Waals surface area contributed by atoms with Crippen molar-refractivity contribution in [2.75, 3.05) is 7.11 Å². The van der Waals surface area contributed by atoms with Crippen molar-refractivity contribution in [3.63, 3.8) is 0 Å². The minimum absolute atomic E-state index is 0.0810. The molecule has 1 aromatic rings. The fourth-order valence-corrected chi connectivity index (χ4v) is 1.02. The van der Waals surface area contributed by atoms with Crippen LogP contribution in [0.25, 0.3) is 6.08 Å². The third kappa shape index (κ3) is 1.71. The Labute approximate surface area is 79.8 Å². The Balaban J connectivity index is 3.39. The topological polar surface area (TPSA) is 52.4 Å². The molecule has 0 radical (unpaired) electrons. The number of benzene rings is 1. The normalized spacial score (nSPS) is 9.57. The quantitative estimate of drug-likeness (QED) is 0.552. The predicted molar refractivity (Wildman–Crippen MR) is 49.7 cm³/mol. The van der Waals surface area contributed by atoms with Crippen molar-refractivity contribution in [2.24, 2.45) is 0 Å². The van der Waals surface area contributed by atoms with Crippen LogP contribution in [0.3, 0.4) is 0 Å². The van der Waals surface area contributed by atoms with E-state index >= 15 is 0 Å². The molecule has 0 aliphatic heterocycles. The Kier molecular flexibility index (Phi) is 2.81. The maximum absolute atomic E-state index is 13.1. The molecule has 0 spiro atoms. The van der Waals surface area contributed by atoms with Gasteiger partial charge in [-0.1, -0.05) is 12.7 Å². The van der Waals surface area contributed by atoms with E-state index in [-0.39, 0.29) is 17.0 Å². The van der Waals surface area contributed by atoms with E-state index in [1.807, 2.05) is 0 Å². The molecule has 0 aromatic heterocycles. The number of hydrogen-bond donors (Lipinski definition) is 0. The van der Waals surface area contributed by atoms with Crippen LogP contribution in [0.5, 0.6) is 5.75 Å². The van der Waals surface area contributed by atoms with Crippen LogP contribution in [0.4, 0.5) is 10.1 Å². The fourth-order valence-electron chi connectivity index (χ4n) is 1.02. The maximum Gasteiger partial charge on any atom is 0.311 e. The second kappa shape index (κ2) is 3.87. The molecule has 0 fully saturated rings. The zero-order chi connectivity index (χ0) is 10.7. The van der Waals surface area contributed by atoms with Gasteiger partial charge >= 0.3 is 5.69 Å². The number of nitro groups is 1. The Morgan fingerprint density at radius 2 is 2.29 bits per heavy atom. The summed E-state index contributed by atoms with van der Waals surface area (Å²) in [7, 11) is 1.25. The molecule has 0 aliphatic rings. The second-order valence-electron chi connectivity index (χ2n) is 2.51. The van der Waals surface area contributed by atoms with Gasteiger partial charge in [-0.3, -0.25) is 10.1 Å². The lowest BCUT2D eigenvalue weighted by molar-refractivity contribution is -0.385. The molecule has 0 amide bonds. The molecule has 0 saturated heterocycles. The molecule has 14 heavy (non-hydrogen) atoms. The highest BCUT2D eigenvalue weighted by molar-refractivity contribution is 5.58. The van der Waals surface area contributed by atoms with Gasteiger partial charge in [0.2, 0.25) is 0 Å². The summed E-state index contributed by atoms with van der Waals surface area (Å²) in [5, 5.41) is 10.5. The van der Waals surface area contributed by atoms with Gasteiger partial charge < -0.3 is 4.74 Å². The van der Waals surface area contributed by atoms with Crippen molar-refractivity contribution in [1.29, 1.82) is 0 Å². The summed E-state index contributed by atoms with van der Waals surface area (Å²) < 4.78 is 17.8. The van der Waals surface area contributed by atoms with Crippen molar-refractivity contribution in [3.05, 3.63) is 40.2 Å². The van der Waals surface area contributed by atoms with E-state index in [1.165, 1.54) is 13.2 Å². The van der Waals surface area contributed by atoms with E-state index in [2.05, 4.69) is 11.3 Å². The highest BCUT2D eigenvalue weighted by Crippen LogP contribution is 2.29. The fraction of sp³-hybridized carbons (Fsp3) is 0.111. The van der Waals surface area contributed by atoms with E-state index < -0.39 is 10.7 Å². The molecule has 0 saturated carbocycles. The van der Waals surface area contributed by atoms with E-state index in [4.69, 9.17) is 0 Å². The number of halogens is 1. The molecule has 0 unspecified atom stereocenters. The summed E-state index contributed by atoms with van der Waals surface area (Å²) in [5.74, 6) is -0.694. The third-order valence-electron chi connectivity index (χ3n) is 1.71. The molecular weight excluding hydrogens is 189 g/mol. The van der Waals surface area contributed by atoms with E-state index in [1.54, 1.807) is 0 Å². The summed E-state index contributed by atoms with van der Waals surface area (Å²) in [5.41, 5.74) is -0.193. The van der Waals surface area contributed by atoms with E-state index in [9.17, 15) is 14.5 Å². The first kappa shape index (κ1) is 10.2. The van der Waals surface area contributed by atoms with Crippen LogP contribution in [-0.2, 0) is 0 Å². The summed E-state index contributed by atoms with van der Waals surface area (Å²) >= 11 is 0. The average Bonchev–Trinajstić information content (AvgIpc) is 2.16. The van der Waals surface area contributed by atoms with Gasteiger partial charge in [0.15, 0.2) is 5.75 Å². The van der Waals surface area contributed by atoms with Gasteiger partial charge in [-0.15, -0.1) is 0 Å². The molecule has 74 valence electrons. The standard InChI is InChI=1S/C9H8FNO3/c1-3-6-4-8(11(12)13)9(14-2)5-7(6)10/h3-5H,1H2,2H3. The first-order valence-electron chi connectivity index (χ1n) is 3.74. The molecule has 1 aromatic carbocycles. The van der Waals surface area contributed by atoms with Crippen LogP contribution >= 0.6 is 0 Å². The van der Waals surface area contributed by atoms with Crippen molar-refractivity contribution in [3.8, 4) is 5.75 Å². The Hall–Kier alpha value is -1.91. The average molecular weight is 197 g/mol. The van der Waals surface area contributed by atoms with Gasteiger partial charge in [0, 0.05) is 17.7 Å². The second-order valence-corrected chi connectivity index (χ2v) is 2.51. The molecule has 0 heterocycles. The molecule has 0 atom stereocenters. The maximum atomic E-state index is 13.1. The SMILES string of the molecule is C=Cc1cc([N+](=O)[O-])c(OC)cc1F. The van der Waals surface area contributed by atoms with Crippen molar-refractivity contribution in [2.45, 2.75) is 0 Å². The summed E-state index contributed by atoms with van der Waals surface area (Å²) in [6.07, 6.45) is 1.21. The van der Waals surface area contributed by atoms with Crippen molar-refractivity contribution in [1.82, 2.24) is 0 Å². The van der Waals surface area contributed by atoms with Crippen LogP contribution < -0.4 is 4.74 Å². The van der Waals surface area contributed by atoms with Gasteiger partial charge in [-0.25, -0.2) is 4.39 Å². The Morgan fingerprint density at radius 1 is 1.64 bits per heavy atom. The summed E-state index contributed by atoms with van der Waals surface area (Å²) in [4.78, 5) is 9.90. The molecule has 5 heteroatoms. The van der Waals surface area contributed by atoms with E-state index in [0.717, 1.165) is 12.1 Å². The van der Waals surface area contributed by atoms with Crippen molar-refractivity contribution < 1.29 is 14.1 Å². The highest BCUT2D eigenvalue weighted by Gasteiger charge is 2.17. The number of rotatable bonds is 3. The molecule has 0 aliphatic carbocycles. The van der Waals surface area contributed by atoms with Gasteiger partial charge in [0.1, 0.15) is 5.82 Å². The number of nitro benzene ring substituents is 1. The van der Waals surface area contributed by atoms with Crippen LogP contribution in [-0.4, -0.2) is 12.0 Å². The van der Waals surface area contributed by atoms with Gasteiger partial charge in [-0.05, 0) is 0 Å². The van der Waals surface area contributed by atoms with Crippen LogP contribution in [0.15, 0.2) is 18.7 Å². The van der Waals surface area contributed by atoms with Crippen LogP contribution in [0.2, 0.25) is 0 Å². The monoisotopic (exact) mass is 197 g/mol. The third-order valence-corrected chi connectivity index (χ3v) is 1.71. The van der Waals surface area contributed by atoms with Gasteiger partial charge in [0.25, 0.3) is 0 Å². The van der Waals surface area contributed by atoms with Crippen molar-refractivity contribution >= 4 is 11.8 Å². The highest BCUT2D eigenvalue weighted by atomic mass is 19.1. The lowest BCUT2D eigenvalue weighted by atomic mass is 10.1. The summed E-state index contributed by atoms with van der Waals surface area (Å²) in [6, 6.07) is 2.05. The minimum atomic E-state index is -0.634. The summed E-state index contributed by atoms with van der Waals surface area (Å²) in [6.45, 7) is 3.34. The molecule has 4 nitrogen and oxygen atoms in total.